The molecule has 1 aliphatic carbocycles. The fourth-order valence-corrected chi connectivity index (χ4v) is 3.94. The average Bonchev–Trinajstić information content (AvgIpc) is 2.89. The summed E-state index contributed by atoms with van der Waals surface area (Å²) in [6.45, 7) is 1.41. The normalized spacial score (nSPS) is 21.2. The standard InChI is InChI=1S/C14H21N3O2S/c15-12(9-5-7-19-8-6-9)13(18)17-14-16-10-3-1-2-4-11(10)20-14/h9,12H,1-8,15H2,(H,16,17,18). The predicted molar refractivity (Wildman–Crippen MR) is 78.9 cm³/mol. The number of nitrogens with one attached hydrogen (secondary N) is 1. The lowest BCUT2D eigenvalue weighted by atomic mass is 9.92. The molecule has 0 radical (unpaired) electrons. The molecule has 1 unspecified atom stereocenters. The fraction of sp³-hybridized carbons (Fsp3) is 0.714. The minimum Gasteiger partial charge on any atom is -0.381 e. The second-order valence-corrected chi connectivity index (χ2v) is 6.64. The highest BCUT2D eigenvalue weighted by Crippen LogP contribution is 2.29. The third kappa shape index (κ3) is 3.02. The van der Waals surface area contributed by atoms with Crippen molar-refractivity contribution in [2.75, 3.05) is 18.5 Å². The van der Waals surface area contributed by atoms with Crippen molar-refractivity contribution in [2.24, 2.45) is 11.7 Å². The molecule has 1 atom stereocenters. The van der Waals surface area contributed by atoms with Crippen LogP contribution in [0.15, 0.2) is 0 Å². The maximum absolute atomic E-state index is 12.2. The van der Waals surface area contributed by atoms with E-state index in [1.165, 1.54) is 17.7 Å². The Hall–Kier alpha value is -0.980. The SMILES string of the molecule is NC(C(=O)Nc1nc2c(s1)CCCC2)C1CCOCC1. The van der Waals surface area contributed by atoms with Gasteiger partial charge in [-0.25, -0.2) is 4.98 Å². The zero-order chi connectivity index (χ0) is 13.9. The van der Waals surface area contributed by atoms with E-state index in [0.29, 0.717) is 18.3 Å². The van der Waals surface area contributed by atoms with Gasteiger partial charge in [-0.3, -0.25) is 4.79 Å². The van der Waals surface area contributed by atoms with E-state index >= 15 is 0 Å². The van der Waals surface area contributed by atoms with Gasteiger partial charge in [-0.2, -0.15) is 0 Å². The van der Waals surface area contributed by atoms with Crippen LogP contribution in [0.1, 0.15) is 36.3 Å². The first-order chi connectivity index (χ1) is 9.74. The molecule has 3 N–H and O–H groups in total. The number of carbonyl (C=O) groups is 1. The number of hydrogen-bond donors (Lipinski definition) is 2. The fourth-order valence-electron chi connectivity index (χ4n) is 2.88. The van der Waals surface area contributed by atoms with Crippen molar-refractivity contribution in [1.29, 1.82) is 0 Å². The molecule has 1 amide bonds. The number of aryl methyl sites for hydroxylation is 2. The van der Waals surface area contributed by atoms with E-state index in [1.807, 2.05) is 0 Å². The summed E-state index contributed by atoms with van der Waals surface area (Å²) in [5.74, 6) is 0.112. The van der Waals surface area contributed by atoms with Crippen LogP contribution in [0, 0.1) is 5.92 Å². The number of fused-ring (bicyclic) bond motifs is 1. The molecule has 1 aromatic rings. The van der Waals surface area contributed by atoms with Gasteiger partial charge in [0.1, 0.15) is 0 Å². The third-order valence-electron chi connectivity index (χ3n) is 4.15. The monoisotopic (exact) mass is 295 g/mol. The smallest absolute Gasteiger partial charge is 0.243 e. The Balaban J connectivity index is 1.61. The summed E-state index contributed by atoms with van der Waals surface area (Å²) < 4.78 is 5.31. The third-order valence-corrected chi connectivity index (χ3v) is 5.23. The Labute approximate surface area is 122 Å². The molecule has 0 aromatic carbocycles. The number of nitrogens with zero attached hydrogens (tertiary/aromatic N) is 1. The molecule has 2 heterocycles. The van der Waals surface area contributed by atoms with Crippen molar-refractivity contribution >= 4 is 22.4 Å². The van der Waals surface area contributed by atoms with Gasteiger partial charge in [-0.15, -0.1) is 11.3 Å². The Bertz CT molecular complexity index is 459. The Morgan fingerprint density at radius 2 is 2.10 bits per heavy atom. The van der Waals surface area contributed by atoms with Crippen LogP contribution >= 0.6 is 11.3 Å². The number of nitrogens with two attached hydrogens (primary N) is 1. The molecule has 1 aromatic heterocycles. The van der Waals surface area contributed by atoms with E-state index in [9.17, 15) is 4.79 Å². The van der Waals surface area contributed by atoms with Gasteiger partial charge in [0.05, 0.1) is 11.7 Å². The number of rotatable bonds is 3. The van der Waals surface area contributed by atoms with Gasteiger partial charge in [0.2, 0.25) is 5.91 Å². The maximum Gasteiger partial charge on any atom is 0.243 e. The minimum absolute atomic E-state index is 0.108. The van der Waals surface area contributed by atoms with Gasteiger partial charge in [0.15, 0.2) is 5.13 Å². The van der Waals surface area contributed by atoms with E-state index in [0.717, 1.165) is 31.4 Å². The van der Waals surface area contributed by atoms with E-state index in [4.69, 9.17) is 10.5 Å². The van der Waals surface area contributed by atoms with Crippen molar-refractivity contribution < 1.29 is 9.53 Å². The van der Waals surface area contributed by atoms with E-state index in [1.54, 1.807) is 11.3 Å². The second kappa shape index (κ2) is 6.20. The van der Waals surface area contributed by atoms with Gasteiger partial charge in [0.25, 0.3) is 0 Å². The molecule has 6 heteroatoms. The molecule has 1 saturated heterocycles. The number of aromatic nitrogens is 1. The molecule has 2 aliphatic rings. The van der Waals surface area contributed by atoms with E-state index in [-0.39, 0.29) is 11.8 Å². The number of ether oxygens (including phenoxy) is 1. The van der Waals surface area contributed by atoms with Gasteiger partial charge < -0.3 is 15.8 Å². The lowest BCUT2D eigenvalue weighted by Crippen LogP contribution is -2.43. The molecule has 20 heavy (non-hydrogen) atoms. The van der Waals surface area contributed by atoms with Crippen molar-refractivity contribution in [3.05, 3.63) is 10.6 Å². The van der Waals surface area contributed by atoms with Crippen molar-refractivity contribution in [3.8, 4) is 0 Å². The largest absolute Gasteiger partial charge is 0.381 e. The first-order valence-corrected chi connectivity index (χ1v) is 8.18. The molecule has 1 fully saturated rings. The molecule has 0 spiro atoms. The first kappa shape index (κ1) is 14.0. The van der Waals surface area contributed by atoms with Gasteiger partial charge in [-0.1, -0.05) is 0 Å². The summed E-state index contributed by atoms with van der Waals surface area (Å²) in [7, 11) is 0. The molecule has 3 rings (SSSR count). The highest BCUT2D eigenvalue weighted by Gasteiger charge is 2.27. The quantitative estimate of drug-likeness (QED) is 0.890. The van der Waals surface area contributed by atoms with Crippen molar-refractivity contribution in [2.45, 2.75) is 44.6 Å². The summed E-state index contributed by atoms with van der Waals surface area (Å²) in [5, 5.41) is 3.61. The highest BCUT2D eigenvalue weighted by atomic mass is 32.1. The van der Waals surface area contributed by atoms with Crippen LogP contribution in [0.3, 0.4) is 0 Å². The highest BCUT2D eigenvalue weighted by molar-refractivity contribution is 7.15. The van der Waals surface area contributed by atoms with Crippen LogP contribution in [0.25, 0.3) is 0 Å². The van der Waals surface area contributed by atoms with Crippen LogP contribution in [0.4, 0.5) is 5.13 Å². The Kier molecular flexibility index (Phi) is 4.33. The topological polar surface area (TPSA) is 77.2 Å². The van der Waals surface area contributed by atoms with Crippen LogP contribution in [0.2, 0.25) is 0 Å². The Morgan fingerprint density at radius 3 is 2.85 bits per heavy atom. The van der Waals surface area contributed by atoms with Crippen LogP contribution in [-0.2, 0) is 22.4 Å². The zero-order valence-corrected chi connectivity index (χ0v) is 12.4. The summed E-state index contributed by atoms with van der Waals surface area (Å²) in [5.41, 5.74) is 7.23. The van der Waals surface area contributed by atoms with Gasteiger partial charge >= 0.3 is 0 Å². The van der Waals surface area contributed by atoms with Gasteiger partial charge in [0, 0.05) is 18.1 Å². The van der Waals surface area contributed by atoms with Crippen LogP contribution in [0.5, 0.6) is 0 Å². The van der Waals surface area contributed by atoms with Crippen LogP contribution in [-0.4, -0.2) is 30.1 Å². The molecular weight excluding hydrogens is 274 g/mol. The second-order valence-electron chi connectivity index (χ2n) is 5.56. The maximum atomic E-state index is 12.2. The molecule has 1 aliphatic heterocycles. The summed E-state index contributed by atoms with van der Waals surface area (Å²) >= 11 is 1.60. The molecular formula is C14H21N3O2S. The number of carbonyl (C=O) groups excluding carboxylic acids is 1. The van der Waals surface area contributed by atoms with Crippen molar-refractivity contribution in [3.63, 3.8) is 0 Å². The number of amides is 1. The number of anilines is 1. The summed E-state index contributed by atoms with van der Waals surface area (Å²) in [6, 6.07) is -0.458. The molecule has 5 nitrogen and oxygen atoms in total. The lowest BCUT2D eigenvalue weighted by molar-refractivity contribution is -0.119. The predicted octanol–water partition coefficient (Wildman–Crippen LogP) is 1.71. The summed E-state index contributed by atoms with van der Waals surface area (Å²) in [6.07, 6.45) is 6.28. The van der Waals surface area contributed by atoms with E-state index < -0.39 is 6.04 Å². The number of hydrogen-bond acceptors (Lipinski definition) is 5. The number of thiazole rings is 1. The zero-order valence-electron chi connectivity index (χ0n) is 11.6. The lowest BCUT2D eigenvalue weighted by Gasteiger charge is -2.26. The summed E-state index contributed by atoms with van der Waals surface area (Å²) in [4.78, 5) is 18.1. The Morgan fingerprint density at radius 1 is 1.35 bits per heavy atom. The first-order valence-electron chi connectivity index (χ1n) is 7.37. The van der Waals surface area contributed by atoms with Crippen molar-refractivity contribution in [1.82, 2.24) is 4.98 Å². The van der Waals surface area contributed by atoms with Gasteiger partial charge in [-0.05, 0) is 44.4 Å². The average molecular weight is 295 g/mol. The minimum atomic E-state index is -0.458. The molecule has 0 bridgehead atoms. The van der Waals surface area contributed by atoms with Crippen LogP contribution < -0.4 is 11.1 Å². The van der Waals surface area contributed by atoms with E-state index in [2.05, 4.69) is 10.3 Å². The molecule has 0 saturated carbocycles. The molecule has 110 valence electrons.